The number of halogens is 1. The summed E-state index contributed by atoms with van der Waals surface area (Å²) in [5, 5.41) is 4.23. The molecule has 2 atom stereocenters. The van der Waals surface area contributed by atoms with Crippen molar-refractivity contribution < 1.29 is 4.74 Å². The molecule has 0 amide bonds. The fourth-order valence-electron chi connectivity index (χ4n) is 2.11. The molecule has 0 radical (unpaired) electrons. The van der Waals surface area contributed by atoms with Crippen molar-refractivity contribution >= 4 is 17.3 Å². The molecule has 88 valence electrons. The van der Waals surface area contributed by atoms with Crippen molar-refractivity contribution in [3.63, 3.8) is 0 Å². The lowest BCUT2D eigenvalue weighted by Crippen LogP contribution is -2.21. The predicted molar refractivity (Wildman–Crippen MR) is 68.1 cm³/mol. The molecular formula is C13H18ClNO. The number of nitrogens with one attached hydrogen (secondary N) is 1. The monoisotopic (exact) mass is 239 g/mol. The Hall–Kier alpha value is -0.730. The summed E-state index contributed by atoms with van der Waals surface area (Å²) in [4.78, 5) is 0. The Kier molecular flexibility index (Phi) is 4.08. The fraction of sp³-hybridized carbons (Fsp3) is 0.538. The molecule has 3 heteroatoms. The second kappa shape index (κ2) is 5.55. The van der Waals surface area contributed by atoms with Gasteiger partial charge in [-0.3, -0.25) is 0 Å². The van der Waals surface area contributed by atoms with Crippen molar-refractivity contribution in [1.29, 1.82) is 0 Å². The molecule has 0 saturated carbocycles. The highest BCUT2D eigenvalue weighted by molar-refractivity contribution is 6.30. The number of hydrogen-bond acceptors (Lipinski definition) is 2. The Morgan fingerprint density at radius 1 is 1.44 bits per heavy atom. The van der Waals surface area contributed by atoms with E-state index in [9.17, 15) is 0 Å². The van der Waals surface area contributed by atoms with Crippen molar-refractivity contribution in [3.8, 4) is 0 Å². The lowest BCUT2D eigenvalue weighted by Gasteiger charge is -2.18. The van der Waals surface area contributed by atoms with Crippen molar-refractivity contribution in [2.24, 2.45) is 0 Å². The Bertz CT molecular complexity index is 319. The Morgan fingerprint density at radius 3 is 2.81 bits per heavy atom. The molecule has 0 aromatic heterocycles. The van der Waals surface area contributed by atoms with Crippen LogP contribution in [0.2, 0.25) is 5.02 Å². The molecule has 0 bridgehead atoms. The maximum Gasteiger partial charge on any atom is 0.0595 e. The number of hydrogen-bond donors (Lipinski definition) is 1. The highest BCUT2D eigenvalue weighted by atomic mass is 35.5. The van der Waals surface area contributed by atoms with E-state index in [1.807, 2.05) is 24.3 Å². The van der Waals surface area contributed by atoms with Gasteiger partial charge in [0.2, 0.25) is 0 Å². The quantitative estimate of drug-likeness (QED) is 0.865. The molecule has 1 heterocycles. The van der Waals surface area contributed by atoms with Crippen LogP contribution in [0.3, 0.4) is 0 Å². The van der Waals surface area contributed by atoms with Crippen LogP contribution in [0.1, 0.15) is 26.2 Å². The van der Waals surface area contributed by atoms with Crippen molar-refractivity contribution in [3.05, 3.63) is 29.3 Å². The Morgan fingerprint density at radius 2 is 2.19 bits per heavy atom. The van der Waals surface area contributed by atoms with Crippen LogP contribution in [0.5, 0.6) is 0 Å². The highest BCUT2D eigenvalue weighted by Gasteiger charge is 2.18. The van der Waals surface area contributed by atoms with Gasteiger partial charge in [-0.25, -0.2) is 0 Å². The van der Waals surface area contributed by atoms with Crippen molar-refractivity contribution in [2.45, 2.75) is 38.3 Å². The number of benzene rings is 1. The zero-order chi connectivity index (χ0) is 11.4. The summed E-state index contributed by atoms with van der Waals surface area (Å²) in [6, 6.07) is 8.26. The standard InChI is InChI=1S/C13H18ClNO/c1-10(9-13-3-2-8-16-13)15-12-6-4-11(14)5-7-12/h4-7,10,13,15H,2-3,8-9H2,1H3. The maximum absolute atomic E-state index is 5.84. The summed E-state index contributed by atoms with van der Waals surface area (Å²) in [5.41, 5.74) is 1.12. The smallest absolute Gasteiger partial charge is 0.0595 e. The van der Waals surface area contributed by atoms with Gasteiger partial charge in [-0.1, -0.05) is 11.6 Å². The molecule has 1 aromatic carbocycles. The largest absolute Gasteiger partial charge is 0.382 e. The topological polar surface area (TPSA) is 21.3 Å². The van der Waals surface area contributed by atoms with Gasteiger partial charge >= 0.3 is 0 Å². The van der Waals surface area contributed by atoms with E-state index in [4.69, 9.17) is 16.3 Å². The maximum atomic E-state index is 5.84. The molecule has 1 aromatic rings. The van der Waals surface area contributed by atoms with Gasteiger partial charge in [-0.05, 0) is 50.5 Å². The molecule has 1 fully saturated rings. The van der Waals surface area contributed by atoms with Crippen LogP contribution in [0.4, 0.5) is 5.69 Å². The minimum absolute atomic E-state index is 0.435. The molecule has 0 aliphatic carbocycles. The summed E-state index contributed by atoms with van der Waals surface area (Å²) in [6.07, 6.45) is 3.92. The SMILES string of the molecule is CC(CC1CCCO1)Nc1ccc(Cl)cc1. The molecule has 1 aliphatic heterocycles. The lowest BCUT2D eigenvalue weighted by molar-refractivity contribution is 0.101. The van der Waals surface area contributed by atoms with Gasteiger partial charge in [0, 0.05) is 23.4 Å². The fourth-order valence-corrected chi connectivity index (χ4v) is 2.24. The van der Waals surface area contributed by atoms with Crippen molar-refractivity contribution in [1.82, 2.24) is 0 Å². The van der Waals surface area contributed by atoms with Gasteiger partial charge in [0.1, 0.15) is 0 Å². The first-order chi connectivity index (χ1) is 7.74. The molecule has 2 rings (SSSR count). The van der Waals surface area contributed by atoms with Gasteiger partial charge in [0.05, 0.1) is 6.10 Å². The Balaban J connectivity index is 1.81. The summed E-state index contributed by atoms with van der Waals surface area (Å²) >= 11 is 5.84. The number of ether oxygens (including phenoxy) is 1. The van der Waals surface area contributed by atoms with E-state index in [1.165, 1.54) is 12.8 Å². The van der Waals surface area contributed by atoms with E-state index in [2.05, 4.69) is 12.2 Å². The predicted octanol–water partition coefficient (Wildman–Crippen LogP) is 3.71. The van der Waals surface area contributed by atoms with Crippen LogP contribution < -0.4 is 5.32 Å². The normalized spacial score (nSPS) is 22.0. The highest BCUT2D eigenvalue weighted by Crippen LogP contribution is 2.20. The zero-order valence-corrected chi connectivity index (χ0v) is 10.3. The second-order valence-corrected chi connectivity index (χ2v) is 4.86. The van der Waals surface area contributed by atoms with Gasteiger partial charge in [0.15, 0.2) is 0 Å². The molecule has 1 aliphatic rings. The van der Waals surface area contributed by atoms with Crippen LogP contribution >= 0.6 is 11.6 Å². The summed E-state index contributed by atoms with van der Waals surface area (Å²) in [7, 11) is 0. The van der Waals surface area contributed by atoms with E-state index >= 15 is 0 Å². The van der Waals surface area contributed by atoms with Crippen molar-refractivity contribution in [2.75, 3.05) is 11.9 Å². The minimum Gasteiger partial charge on any atom is -0.382 e. The van der Waals surface area contributed by atoms with Crippen LogP contribution in [0, 0.1) is 0 Å². The number of anilines is 1. The number of rotatable bonds is 4. The Labute approximate surface area is 102 Å². The zero-order valence-electron chi connectivity index (χ0n) is 9.58. The van der Waals surface area contributed by atoms with Gasteiger partial charge in [-0.15, -0.1) is 0 Å². The lowest BCUT2D eigenvalue weighted by atomic mass is 10.1. The molecule has 1 saturated heterocycles. The molecule has 16 heavy (non-hydrogen) atoms. The minimum atomic E-state index is 0.435. The van der Waals surface area contributed by atoms with E-state index in [-0.39, 0.29) is 0 Å². The van der Waals surface area contributed by atoms with E-state index < -0.39 is 0 Å². The molecular weight excluding hydrogens is 222 g/mol. The average molecular weight is 240 g/mol. The van der Waals surface area contributed by atoms with E-state index in [0.29, 0.717) is 12.1 Å². The third-order valence-corrected chi connectivity index (χ3v) is 3.15. The van der Waals surface area contributed by atoms with Crippen LogP contribution in [0.25, 0.3) is 0 Å². The first kappa shape index (κ1) is 11.7. The third kappa shape index (κ3) is 3.39. The van der Waals surface area contributed by atoms with Gasteiger partial charge < -0.3 is 10.1 Å². The second-order valence-electron chi connectivity index (χ2n) is 4.42. The summed E-state index contributed by atoms with van der Waals surface area (Å²) < 4.78 is 5.62. The average Bonchev–Trinajstić information content (AvgIpc) is 2.74. The van der Waals surface area contributed by atoms with Crippen LogP contribution in [-0.2, 0) is 4.74 Å². The molecule has 2 unspecified atom stereocenters. The van der Waals surface area contributed by atoms with E-state index in [0.717, 1.165) is 23.7 Å². The summed E-state index contributed by atoms with van der Waals surface area (Å²) in [5.74, 6) is 0. The third-order valence-electron chi connectivity index (χ3n) is 2.90. The first-order valence-corrected chi connectivity index (χ1v) is 6.25. The molecule has 0 spiro atoms. The first-order valence-electron chi connectivity index (χ1n) is 5.88. The van der Waals surface area contributed by atoms with E-state index in [1.54, 1.807) is 0 Å². The van der Waals surface area contributed by atoms with Gasteiger partial charge in [0.25, 0.3) is 0 Å². The summed E-state index contributed by atoms with van der Waals surface area (Å²) in [6.45, 7) is 3.12. The molecule has 2 nitrogen and oxygen atoms in total. The van der Waals surface area contributed by atoms with Crippen LogP contribution in [0.15, 0.2) is 24.3 Å². The van der Waals surface area contributed by atoms with Gasteiger partial charge in [-0.2, -0.15) is 0 Å². The molecule has 1 N–H and O–H groups in total. The van der Waals surface area contributed by atoms with Crippen LogP contribution in [-0.4, -0.2) is 18.8 Å².